The maximum atomic E-state index is 11.6. The van der Waals surface area contributed by atoms with Crippen LogP contribution in [0.25, 0.3) is 0 Å². The van der Waals surface area contributed by atoms with Gasteiger partial charge in [-0.05, 0) is 12.8 Å². The van der Waals surface area contributed by atoms with E-state index < -0.39 is 0 Å². The first-order valence-corrected chi connectivity index (χ1v) is 9.62. The molecule has 0 aliphatic rings. The van der Waals surface area contributed by atoms with Crippen LogP contribution in [0.1, 0.15) is 51.4 Å². The summed E-state index contributed by atoms with van der Waals surface area (Å²) < 4.78 is 25.9. The quantitative estimate of drug-likeness (QED) is 0.186. The summed E-state index contributed by atoms with van der Waals surface area (Å²) in [4.78, 5) is 11.6. The largest absolute Gasteiger partial charge is 0.463 e. The Morgan fingerprint density at radius 2 is 1.23 bits per heavy atom. The summed E-state index contributed by atoms with van der Waals surface area (Å²) in [5, 5.41) is 0. The molecule has 26 heavy (non-hydrogen) atoms. The fraction of sp³-hybridized carbons (Fsp3) is 0.850. The number of carbonyl (C=O) groups is 1. The Hall–Kier alpha value is -1.13. The zero-order chi connectivity index (χ0) is 19.1. The van der Waals surface area contributed by atoms with Crippen LogP contribution in [-0.4, -0.2) is 65.9 Å². The fourth-order valence-electron chi connectivity index (χ4n) is 2.17. The van der Waals surface area contributed by atoms with Gasteiger partial charge in [0.25, 0.3) is 0 Å². The average Bonchev–Trinajstić information content (AvgIpc) is 2.65. The third kappa shape index (κ3) is 20.9. The lowest BCUT2D eigenvalue weighted by atomic mass is 10.1. The Morgan fingerprint density at radius 1 is 0.731 bits per heavy atom. The predicted octanol–water partition coefficient (Wildman–Crippen LogP) is 2.98. The Morgan fingerprint density at radius 3 is 1.81 bits per heavy atom. The van der Waals surface area contributed by atoms with Crippen molar-refractivity contribution in [3.05, 3.63) is 0 Å². The Balaban J connectivity index is 3.14. The van der Waals surface area contributed by atoms with Crippen LogP contribution in [0.4, 0.5) is 0 Å². The van der Waals surface area contributed by atoms with Gasteiger partial charge in [0.1, 0.15) is 6.61 Å². The van der Waals surface area contributed by atoms with Crippen molar-refractivity contribution in [2.75, 3.05) is 60.0 Å². The van der Waals surface area contributed by atoms with Gasteiger partial charge in [0, 0.05) is 20.0 Å². The summed E-state index contributed by atoms with van der Waals surface area (Å²) in [7, 11) is 1.64. The molecule has 0 bridgehead atoms. The molecule has 0 aliphatic carbocycles. The Kier molecular flexibility index (Phi) is 21.0. The molecule has 152 valence electrons. The van der Waals surface area contributed by atoms with E-state index in [1.165, 1.54) is 12.8 Å². The fourth-order valence-corrected chi connectivity index (χ4v) is 2.17. The standard InChI is InChI=1S/C20H36O6/c1-3-4-5-6-7-8-9-10-11-20(21)26-19-18-25-17-16-24-15-14-23-13-12-22-2/h1H,4-19H2,2H3. The molecule has 0 saturated heterocycles. The Bertz CT molecular complexity index is 340. The number of terminal acetylenes is 1. The highest BCUT2D eigenvalue weighted by Crippen LogP contribution is 2.08. The first kappa shape index (κ1) is 24.9. The molecule has 6 heteroatoms. The van der Waals surface area contributed by atoms with Gasteiger partial charge in [-0.2, -0.15) is 0 Å². The maximum absolute atomic E-state index is 11.6. The first-order chi connectivity index (χ1) is 12.8. The summed E-state index contributed by atoms with van der Waals surface area (Å²) in [6, 6.07) is 0. The summed E-state index contributed by atoms with van der Waals surface area (Å²) >= 11 is 0. The molecule has 0 atom stereocenters. The minimum Gasteiger partial charge on any atom is -0.463 e. The predicted molar refractivity (Wildman–Crippen MR) is 101 cm³/mol. The van der Waals surface area contributed by atoms with Crippen LogP contribution >= 0.6 is 0 Å². The number of methoxy groups -OCH3 is 1. The lowest BCUT2D eigenvalue weighted by Gasteiger charge is -2.07. The summed E-state index contributed by atoms with van der Waals surface area (Å²) in [5.41, 5.74) is 0. The van der Waals surface area contributed by atoms with Crippen molar-refractivity contribution >= 4 is 5.97 Å². The van der Waals surface area contributed by atoms with E-state index in [1.54, 1.807) is 7.11 Å². The van der Waals surface area contributed by atoms with E-state index in [1.807, 2.05) is 0 Å². The molecule has 0 saturated carbocycles. The van der Waals surface area contributed by atoms with Gasteiger partial charge >= 0.3 is 5.97 Å². The molecular formula is C20H36O6. The first-order valence-electron chi connectivity index (χ1n) is 9.62. The summed E-state index contributed by atoms with van der Waals surface area (Å²) in [6.07, 6.45) is 13.1. The number of rotatable bonds is 20. The van der Waals surface area contributed by atoms with E-state index in [-0.39, 0.29) is 5.97 Å². The van der Waals surface area contributed by atoms with Gasteiger partial charge in [0.2, 0.25) is 0 Å². The van der Waals surface area contributed by atoms with Crippen molar-refractivity contribution in [3.63, 3.8) is 0 Å². The van der Waals surface area contributed by atoms with Gasteiger partial charge in [-0.1, -0.05) is 25.7 Å². The van der Waals surface area contributed by atoms with Crippen LogP contribution in [0.5, 0.6) is 0 Å². The van der Waals surface area contributed by atoms with Crippen LogP contribution in [0, 0.1) is 12.3 Å². The molecule has 0 unspecified atom stereocenters. The van der Waals surface area contributed by atoms with Gasteiger partial charge in [0.05, 0.1) is 46.2 Å². The number of ether oxygens (including phenoxy) is 5. The van der Waals surface area contributed by atoms with Gasteiger partial charge < -0.3 is 23.7 Å². The van der Waals surface area contributed by atoms with Gasteiger partial charge in [0.15, 0.2) is 0 Å². The second-order valence-electron chi connectivity index (χ2n) is 5.88. The molecule has 0 fully saturated rings. The second-order valence-corrected chi connectivity index (χ2v) is 5.88. The molecule has 0 amide bonds. The van der Waals surface area contributed by atoms with Gasteiger partial charge in [-0.3, -0.25) is 4.79 Å². The normalized spacial score (nSPS) is 10.6. The highest BCUT2D eigenvalue weighted by atomic mass is 16.6. The van der Waals surface area contributed by atoms with Gasteiger partial charge in [-0.25, -0.2) is 0 Å². The van der Waals surface area contributed by atoms with Crippen molar-refractivity contribution in [1.82, 2.24) is 0 Å². The van der Waals surface area contributed by atoms with Crippen molar-refractivity contribution in [1.29, 1.82) is 0 Å². The van der Waals surface area contributed by atoms with Crippen LogP contribution in [0.3, 0.4) is 0 Å². The van der Waals surface area contributed by atoms with E-state index in [2.05, 4.69) is 5.92 Å². The van der Waals surface area contributed by atoms with Gasteiger partial charge in [-0.15, -0.1) is 12.3 Å². The van der Waals surface area contributed by atoms with Crippen LogP contribution in [0.15, 0.2) is 0 Å². The minimum atomic E-state index is -0.148. The monoisotopic (exact) mass is 372 g/mol. The molecule has 0 N–H and O–H groups in total. The molecule has 0 radical (unpaired) electrons. The van der Waals surface area contributed by atoms with E-state index in [9.17, 15) is 4.79 Å². The number of unbranched alkanes of at least 4 members (excludes halogenated alkanes) is 6. The van der Waals surface area contributed by atoms with E-state index in [0.717, 1.165) is 32.1 Å². The highest BCUT2D eigenvalue weighted by Gasteiger charge is 2.02. The number of hydrogen-bond acceptors (Lipinski definition) is 6. The molecule has 0 aliphatic heterocycles. The summed E-state index contributed by atoms with van der Waals surface area (Å²) in [6.45, 7) is 3.93. The number of carbonyl (C=O) groups excluding carboxylic acids is 1. The molecule has 0 heterocycles. The Labute approximate surface area is 158 Å². The smallest absolute Gasteiger partial charge is 0.305 e. The summed E-state index contributed by atoms with van der Waals surface area (Å²) in [5.74, 6) is 2.50. The van der Waals surface area contributed by atoms with Crippen molar-refractivity contribution < 1.29 is 28.5 Å². The SMILES string of the molecule is C#CCCCCCCCCC(=O)OCCOCCOCCOCCOC. The molecule has 6 nitrogen and oxygen atoms in total. The zero-order valence-corrected chi connectivity index (χ0v) is 16.3. The third-order valence-corrected chi connectivity index (χ3v) is 3.62. The second kappa shape index (κ2) is 21.9. The number of esters is 1. The van der Waals surface area contributed by atoms with E-state index >= 15 is 0 Å². The van der Waals surface area contributed by atoms with E-state index in [0.29, 0.717) is 59.3 Å². The highest BCUT2D eigenvalue weighted by molar-refractivity contribution is 5.69. The van der Waals surface area contributed by atoms with Crippen molar-refractivity contribution in [2.24, 2.45) is 0 Å². The molecule has 0 aromatic rings. The van der Waals surface area contributed by atoms with Crippen LogP contribution in [0.2, 0.25) is 0 Å². The van der Waals surface area contributed by atoms with Crippen LogP contribution < -0.4 is 0 Å². The molecule has 0 rings (SSSR count). The topological polar surface area (TPSA) is 63.2 Å². The third-order valence-electron chi connectivity index (χ3n) is 3.62. The lowest BCUT2D eigenvalue weighted by Crippen LogP contribution is -2.14. The minimum absolute atomic E-state index is 0.148. The molecule has 0 aromatic carbocycles. The molecule has 0 aromatic heterocycles. The zero-order valence-electron chi connectivity index (χ0n) is 16.3. The molecular weight excluding hydrogens is 336 g/mol. The van der Waals surface area contributed by atoms with E-state index in [4.69, 9.17) is 30.1 Å². The van der Waals surface area contributed by atoms with Crippen molar-refractivity contribution in [3.8, 4) is 12.3 Å². The van der Waals surface area contributed by atoms with Crippen molar-refractivity contribution in [2.45, 2.75) is 51.4 Å². The lowest BCUT2D eigenvalue weighted by molar-refractivity contribution is -0.145. The maximum Gasteiger partial charge on any atom is 0.305 e. The van der Waals surface area contributed by atoms with Crippen LogP contribution in [-0.2, 0) is 28.5 Å². The number of hydrogen-bond donors (Lipinski definition) is 0. The molecule has 0 spiro atoms. The average molecular weight is 373 g/mol.